The number of fused-ring (bicyclic) bond motifs is 1. The van der Waals surface area contributed by atoms with Gasteiger partial charge in [0.25, 0.3) is 5.91 Å². The zero-order chi connectivity index (χ0) is 11.0. The van der Waals surface area contributed by atoms with Crippen LogP contribution in [0.2, 0.25) is 0 Å². The van der Waals surface area contributed by atoms with Crippen LogP contribution in [0.4, 0.5) is 5.69 Å². The number of benzene rings is 1. The predicted octanol–water partition coefficient (Wildman–Crippen LogP) is 1.61. The highest BCUT2D eigenvalue weighted by Gasteiger charge is 2.23. The second-order valence-electron chi connectivity index (χ2n) is 3.52. The van der Waals surface area contributed by atoms with Gasteiger partial charge in [0.1, 0.15) is 5.75 Å². The van der Waals surface area contributed by atoms with Gasteiger partial charge in [-0.25, -0.2) is 0 Å². The number of nitrogens with one attached hydrogen (secondary N) is 1. The Bertz CT molecular complexity index is 439. The van der Waals surface area contributed by atoms with Crippen molar-refractivity contribution in [2.75, 3.05) is 5.32 Å². The van der Waals surface area contributed by atoms with Crippen molar-refractivity contribution in [3.8, 4) is 5.75 Å². The average molecular weight is 205 g/mol. The number of hydrogen-bond donors (Lipinski definition) is 1. The summed E-state index contributed by atoms with van der Waals surface area (Å²) in [6.45, 7) is 3.16. The Kier molecular flexibility index (Phi) is 2.19. The maximum absolute atomic E-state index is 11.3. The van der Waals surface area contributed by atoms with E-state index in [1.54, 1.807) is 25.1 Å². The summed E-state index contributed by atoms with van der Waals surface area (Å²) in [5, 5.41) is 2.69. The van der Waals surface area contributed by atoms with Gasteiger partial charge >= 0.3 is 0 Å². The van der Waals surface area contributed by atoms with Crippen LogP contribution in [0, 0.1) is 0 Å². The van der Waals surface area contributed by atoms with Gasteiger partial charge in [0.2, 0.25) is 0 Å². The second kappa shape index (κ2) is 3.38. The molecule has 2 rings (SSSR count). The molecule has 4 nitrogen and oxygen atoms in total. The number of ketones is 1. The lowest BCUT2D eigenvalue weighted by molar-refractivity contribution is -0.122. The summed E-state index contributed by atoms with van der Waals surface area (Å²) in [6.07, 6.45) is -0.485. The number of Topliss-reactive ketones (excluding diaryl/α,β-unsaturated/α-hetero) is 1. The van der Waals surface area contributed by atoms with E-state index < -0.39 is 6.10 Å². The summed E-state index contributed by atoms with van der Waals surface area (Å²) in [6, 6.07) is 5.01. The van der Waals surface area contributed by atoms with E-state index in [4.69, 9.17) is 4.74 Å². The van der Waals surface area contributed by atoms with E-state index in [1.165, 1.54) is 6.92 Å². The summed E-state index contributed by atoms with van der Waals surface area (Å²) < 4.78 is 5.36. The first-order chi connectivity index (χ1) is 7.08. The summed E-state index contributed by atoms with van der Waals surface area (Å²) >= 11 is 0. The molecular weight excluding hydrogens is 194 g/mol. The molecule has 1 aromatic rings. The van der Waals surface area contributed by atoms with Crippen molar-refractivity contribution in [3.63, 3.8) is 0 Å². The van der Waals surface area contributed by atoms with E-state index in [-0.39, 0.29) is 11.7 Å². The van der Waals surface area contributed by atoms with Crippen molar-refractivity contribution >= 4 is 17.4 Å². The molecule has 1 aliphatic rings. The van der Waals surface area contributed by atoms with Crippen LogP contribution in [0.15, 0.2) is 18.2 Å². The third-order valence-corrected chi connectivity index (χ3v) is 2.32. The first kappa shape index (κ1) is 9.71. The monoisotopic (exact) mass is 205 g/mol. The van der Waals surface area contributed by atoms with Crippen molar-refractivity contribution in [2.45, 2.75) is 20.0 Å². The molecule has 0 spiro atoms. The standard InChI is InChI=1S/C11H11NO3/c1-6(13)8-3-4-10-9(5-8)12-11(14)7(2)15-10/h3-5,7H,1-2H3,(H,12,14)/t7-/m0/s1. The van der Waals surface area contributed by atoms with E-state index in [0.717, 1.165) is 0 Å². The minimum Gasteiger partial charge on any atom is -0.479 e. The predicted molar refractivity (Wildman–Crippen MR) is 55.2 cm³/mol. The third-order valence-electron chi connectivity index (χ3n) is 2.32. The van der Waals surface area contributed by atoms with E-state index in [0.29, 0.717) is 17.0 Å². The van der Waals surface area contributed by atoms with E-state index >= 15 is 0 Å². The zero-order valence-electron chi connectivity index (χ0n) is 8.53. The SMILES string of the molecule is CC(=O)c1ccc2c(c1)NC(=O)[C@H](C)O2. The number of carbonyl (C=O) groups excluding carboxylic acids is 2. The molecule has 0 fully saturated rings. The Hall–Kier alpha value is -1.84. The molecule has 1 atom stereocenters. The minimum absolute atomic E-state index is 0.0364. The Morgan fingerprint density at radius 2 is 2.20 bits per heavy atom. The van der Waals surface area contributed by atoms with Crippen LogP contribution in [0.25, 0.3) is 0 Å². The molecule has 0 radical (unpaired) electrons. The highest BCUT2D eigenvalue weighted by Crippen LogP contribution is 2.30. The molecule has 1 aromatic carbocycles. The van der Waals surface area contributed by atoms with Crippen LogP contribution >= 0.6 is 0 Å². The molecule has 0 saturated heterocycles. The summed E-state index contributed by atoms with van der Waals surface area (Å²) in [4.78, 5) is 22.4. The van der Waals surface area contributed by atoms with Gasteiger partial charge in [0, 0.05) is 5.56 Å². The molecule has 0 bridgehead atoms. The van der Waals surface area contributed by atoms with Crippen molar-refractivity contribution in [1.29, 1.82) is 0 Å². The quantitative estimate of drug-likeness (QED) is 0.708. The first-order valence-corrected chi connectivity index (χ1v) is 4.70. The lowest BCUT2D eigenvalue weighted by Gasteiger charge is -2.23. The zero-order valence-corrected chi connectivity index (χ0v) is 8.53. The largest absolute Gasteiger partial charge is 0.479 e. The Balaban J connectivity index is 2.41. The highest BCUT2D eigenvalue weighted by atomic mass is 16.5. The van der Waals surface area contributed by atoms with Gasteiger partial charge in [-0.15, -0.1) is 0 Å². The topological polar surface area (TPSA) is 55.4 Å². The van der Waals surface area contributed by atoms with Gasteiger partial charge in [-0.3, -0.25) is 9.59 Å². The van der Waals surface area contributed by atoms with E-state index in [1.807, 2.05) is 0 Å². The highest BCUT2D eigenvalue weighted by molar-refractivity contribution is 6.00. The van der Waals surface area contributed by atoms with Gasteiger partial charge in [-0.1, -0.05) is 0 Å². The number of hydrogen-bond acceptors (Lipinski definition) is 3. The van der Waals surface area contributed by atoms with Crippen molar-refractivity contribution in [3.05, 3.63) is 23.8 Å². The fourth-order valence-corrected chi connectivity index (χ4v) is 1.43. The normalized spacial score (nSPS) is 18.8. The Morgan fingerprint density at radius 3 is 2.87 bits per heavy atom. The summed E-state index contributed by atoms with van der Waals surface area (Å²) in [5.74, 6) is 0.376. The van der Waals surface area contributed by atoms with Crippen molar-refractivity contribution < 1.29 is 14.3 Å². The maximum Gasteiger partial charge on any atom is 0.265 e. The summed E-state index contributed by atoms with van der Waals surface area (Å²) in [5.41, 5.74) is 1.12. The molecule has 1 aliphatic heterocycles. The third kappa shape index (κ3) is 1.70. The van der Waals surface area contributed by atoms with Crippen molar-refractivity contribution in [2.24, 2.45) is 0 Å². The molecule has 78 valence electrons. The molecule has 0 unspecified atom stereocenters. The number of rotatable bonds is 1. The molecule has 0 aliphatic carbocycles. The molecule has 0 aromatic heterocycles. The van der Waals surface area contributed by atoms with Gasteiger partial charge in [-0.05, 0) is 32.0 Å². The van der Waals surface area contributed by atoms with Gasteiger partial charge < -0.3 is 10.1 Å². The van der Waals surface area contributed by atoms with Gasteiger partial charge in [0.05, 0.1) is 5.69 Å². The lowest BCUT2D eigenvalue weighted by Crippen LogP contribution is -2.34. The first-order valence-electron chi connectivity index (χ1n) is 4.70. The molecule has 1 N–H and O–H groups in total. The maximum atomic E-state index is 11.3. The van der Waals surface area contributed by atoms with Crippen LogP contribution in [0.5, 0.6) is 5.75 Å². The van der Waals surface area contributed by atoms with Crippen LogP contribution in [-0.2, 0) is 4.79 Å². The molecular formula is C11H11NO3. The number of amides is 1. The minimum atomic E-state index is -0.485. The number of carbonyl (C=O) groups is 2. The van der Waals surface area contributed by atoms with Crippen LogP contribution in [0.3, 0.4) is 0 Å². The van der Waals surface area contributed by atoms with Gasteiger partial charge in [-0.2, -0.15) is 0 Å². The fraction of sp³-hybridized carbons (Fsp3) is 0.273. The Morgan fingerprint density at radius 1 is 1.47 bits per heavy atom. The van der Waals surface area contributed by atoms with Crippen LogP contribution in [0.1, 0.15) is 24.2 Å². The van der Waals surface area contributed by atoms with E-state index in [2.05, 4.69) is 5.32 Å². The van der Waals surface area contributed by atoms with Crippen molar-refractivity contribution in [1.82, 2.24) is 0 Å². The van der Waals surface area contributed by atoms with Crippen LogP contribution < -0.4 is 10.1 Å². The lowest BCUT2D eigenvalue weighted by atomic mass is 10.1. The molecule has 1 amide bonds. The van der Waals surface area contributed by atoms with Gasteiger partial charge in [0.15, 0.2) is 11.9 Å². The fourth-order valence-electron chi connectivity index (χ4n) is 1.43. The second-order valence-corrected chi connectivity index (χ2v) is 3.52. The average Bonchev–Trinajstić information content (AvgIpc) is 2.19. The van der Waals surface area contributed by atoms with E-state index in [9.17, 15) is 9.59 Å². The molecule has 0 saturated carbocycles. The molecule has 1 heterocycles. The molecule has 4 heteroatoms. The molecule has 15 heavy (non-hydrogen) atoms. The summed E-state index contributed by atoms with van der Waals surface area (Å²) in [7, 11) is 0. The number of anilines is 1. The Labute approximate surface area is 87.2 Å². The van der Waals surface area contributed by atoms with Crippen LogP contribution in [-0.4, -0.2) is 17.8 Å². The smallest absolute Gasteiger partial charge is 0.265 e. The number of ether oxygens (including phenoxy) is 1.